The van der Waals surface area contributed by atoms with Crippen LogP contribution >= 0.6 is 0 Å². The van der Waals surface area contributed by atoms with Crippen LogP contribution in [0.5, 0.6) is 0 Å². The summed E-state index contributed by atoms with van der Waals surface area (Å²) in [4.78, 5) is 9.89. The second-order valence-corrected chi connectivity index (χ2v) is 5.29. The molecule has 1 rings (SSSR count). The highest BCUT2D eigenvalue weighted by atomic mass is 16.3. The van der Waals surface area contributed by atoms with Gasteiger partial charge in [-0.25, -0.2) is 0 Å². The van der Waals surface area contributed by atoms with E-state index in [0.717, 1.165) is 24.7 Å². The lowest BCUT2D eigenvalue weighted by Crippen LogP contribution is -2.19. The van der Waals surface area contributed by atoms with E-state index in [-0.39, 0.29) is 0 Å². The first kappa shape index (κ1) is 19.1. The molecule has 0 aliphatic rings. The van der Waals surface area contributed by atoms with Gasteiger partial charge in [0.15, 0.2) is 0 Å². The monoisotopic (exact) mass is 286 g/mol. The number of carbonyl (C=O) groups excluding carboxylic acids is 1. The lowest BCUT2D eigenvalue weighted by atomic mass is 10.00. The minimum Gasteiger partial charge on any atom is -0.386 e. The molecule has 2 nitrogen and oxygen atoms in total. The van der Waals surface area contributed by atoms with Crippen LogP contribution in [-0.4, -0.2) is 17.0 Å². The topological polar surface area (TPSA) is 37.3 Å². The van der Waals surface area contributed by atoms with E-state index in [1.807, 2.05) is 30.3 Å². The van der Waals surface area contributed by atoms with Crippen LogP contribution in [0.2, 0.25) is 0 Å². The third kappa shape index (κ3) is 11.6. The maximum Gasteiger partial charge on any atom is 0.142 e. The zero-order valence-electron chi connectivity index (χ0n) is 13.3. The predicted molar refractivity (Wildman–Crippen MR) is 91.0 cm³/mol. The maximum atomic E-state index is 9.89. The molecular weight excluding hydrogens is 260 g/mol. The van der Waals surface area contributed by atoms with E-state index in [9.17, 15) is 9.90 Å². The highest BCUT2D eigenvalue weighted by Crippen LogP contribution is 2.13. The molecule has 1 aromatic carbocycles. The molecule has 0 spiro atoms. The molecule has 0 bridgehead atoms. The van der Waals surface area contributed by atoms with Crippen molar-refractivity contribution in [2.75, 3.05) is 0 Å². The highest BCUT2D eigenvalue weighted by Gasteiger charge is 2.12. The Labute approximate surface area is 128 Å². The molecule has 1 unspecified atom stereocenters. The quantitative estimate of drug-likeness (QED) is 0.472. The number of carbonyl (C=O) groups is 1. The fourth-order valence-electron chi connectivity index (χ4n) is 1.47. The Morgan fingerprint density at radius 1 is 1.29 bits per heavy atom. The summed E-state index contributed by atoms with van der Waals surface area (Å²) in [7, 11) is 0. The van der Waals surface area contributed by atoms with Gasteiger partial charge in [0, 0.05) is 0 Å². The van der Waals surface area contributed by atoms with Crippen molar-refractivity contribution in [1.29, 1.82) is 0 Å². The van der Waals surface area contributed by atoms with Gasteiger partial charge in [0.2, 0.25) is 0 Å². The van der Waals surface area contributed by atoms with Crippen molar-refractivity contribution in [2.45, 2.75) is 39.2 Å². The predicted octanol–water partition coefficient (Wildman–Crippen LogP) is 4.57. The van der Waals surface area contributed by atoms with Crippen LogP contribution in [-0.2, 0) is 4.79 Å². The average molecular weight is 286 g/mol. The Kier molecular flexibility index (Phi) is 9.82. The zero-order valence-corrected chi connectivity index (χ0v) is 13.3. The summed E-state index contributed by atoms with van der Waals surface area (Å²) < 4.78 is 0. The first-order valence-electron chi connectivity index (χ1n) is 7.07. The first-order chi connectivity index (χ1) is 9.91. The summed E-state index contributed by atoms with van der Waals surface area (Å²) in [6, 6.07) is 9.70. The van der Waals surface area contributed by atoms with E-state index in [2.05, 4.69) is 26.5 Å². The van der Waals surface area contributed by atoms with Crippen LogP contribution in [0.3, 0.4) is 0 Å². The minimum atomic E-state index is -0.702. The lowest BCUT2D eigenvalue weighted by molar-refractivity contribution is -0.104. The second kappa shape index (κ2) is 10.8. The molecule has 0 aromatic heterocycles. The molecule has 1 aromatic rings. The average Bonchev–Trinajstić information content (AvgIpc) is 2.46. The number of allylic oxidation sites excluding steroid dienone is 3. The highest BCUT2D eigenvalue weighted by molar-refractivity contribution is 5.73. The Morgan fingerprint density at radius 2 is 1.90 bits per heavy atom. The molecule has 0 aliphatic carbocycles. The molecule has 0 radical (unpaired) electrons. The number of aliphatic hydroxyl groups is 1. The van der Waals surface area contributed by atoms with Gasteiger partial charge in [-0.15, -0.1) is 6.58 Å². The maximum absolute atomic E-state index is 9.89. The molecule has 0 heterocycles. The number of benzene rings is 1. The van der Waals surface area contributed by atoms with Gasteiger partial charge in [-0.05, 0) is 45.3 Å². The van der Waals surface area contributed by atoms with Crippen LogP contribution in [0, 0.1) is 0 Å². The molecule has 21 heavy (non-hydrogen) atoms. The molecular formula is C19H26O2. The van der Waals surface area contributed by atoms with Crippen LogP contribution < -0.4 is 0 Å². The largest absolute Gasteiger partial charge is 0.386 e. The summed E-state index contributed by atoms with van der Waals surface area (Å²) in [5, 5.41) is 9.49. The van der Waals surface area contributed by atoms with E-state index in [0.29, 0.717) is 0 Å². The Balaban J connectivity index is 0.000000382. The van der Waals surface area contributed by atoms with E-state index < -0.39 is 5.60 Å². The van der Waals surface area contributed by atoms with Crippen molar-refractivity contribution >= 4 is 12.4 Å². The minimum absolute atomic E-state index is 0.702. The SMILES string of the molecule is C=CC(C)(O)CCC=C(C)C.O=CC=Cc1ccccc1. The van der Waals surface area contributed by atoms with Gasteiger partial charge >= 0.3 is 0 Å². The Hall–Kier alpha value is -1.93. The van der Waals surface area contributed by atoms with Gasteiger partial charge in [-0.3, -0.25) is 4.79 Å². The van der Waals surface area contributed by atoms with Crippen molar-refractivity contribution in [1.82, 2.24) is 0 Å². The first-order valence-corrected chi connectivity index (χ1v) is 7.07. The lowest BCUT2D eigenvalue weighted by Gasteiger charge is -2.16. The summed E-state index contributed by atoms with van der Waals surface area (Å²) in [5.41, 5.74) is 1.64. The second-order valence-electron chi connectivity index (χ2n) is 5.29. The van der Waals surface area contributed by atoms with Gasteiger partial charge < -0.3 is 5.11 Å². The van der Waals surface area contributed by atoms with Gasteiger partial charge in [0.1, 0.15) is 6.29 Å². The third-order valence-corrected chi connectivity index (χ3v) is 2.81. The van der Waals surface area contributed by atoms with Crippen LogP contribution in [0.1, 0.15) is 39.2 Å². The third-order valence-electron chi connectivity index (χ3n) is 2.81. The number of aldehydes is 1. The Morgan fingerprint density at radius 3 is 2.38 bits per heavy atom. The van der Waals surface area contributed by atoms with Crippen molar-refractivity contribution in [3.05, 3.63) is 66.3 Å². The van der Waals surface area contributed by atoms with Crippen LogP contribution in [0.15, 0.2) is 60.7 Å². The zero-order chi connectivity index (χ0) is 16.1. The summed E-state index contributed by atoms with van der Waals surface area (Å²) >= 11 is 0. The number of rotatable bonds is 6. The van der Waals surface area contributed by atoms with E-state index in [1.54, 1.807) is 19.1 Å². The smallest absolute Gasteiger partial charge is 0.142 e. The summed E-state index contributed by atoms with van der Waals surface area (Å²) in [5.74, 6) is 0. The van der Waals surface area contributed by atoms with E-state index in [1.165, 1.54) is 11.6 Å². The van der Waals surface area contributed by atoms with Crippen LogP contribution in [0.25, 0.3) is 6.08 Å². The fourth-order valence-corrected chi connectivity index (χ4v) is 1.47. The van der Waals surface area contributed by atoms with Gasteiger partial charge in [-0.1, -0.05) is 54.1 Å². The number of hydrogen-bond acceptors (Lipinski definition) is 2. The molecule has 0 fully saturated rings. The molecule has 0 amide bonds. The molecule has 1 N–H and O–H groups in total. The Bertz CT molecular complexity index is 464. The normalized spacial score (nSPS) is 12.8. The summed E-state index contributed by atoms with van der Waals surface area (Å²) in [6.45, 7) is 9.45. The van der Waals surface area contributed by atoms with Crippen molar-refractivity contribution in [3.63, 3.8) is 0 Å². The van der Waals surface area contributed by atoms with Crippen molar-refractivity contribution in [3.8, 4) is 0 Å². The molecule has 2 heteroatoms. The molecule has 0 saturated carbocycles. The van der Waals surface area contributed by atoms with Crippen LogP contribution in [0.4, 0.5) is 0 Å². The molecule has 0 saturated heterocycles. The van der Waals surface area contributed by atoms with Gasteiger partial charge in [0.25, 0.3) is 0 Å². The molecule has 114 valence electrons. The molecule has 0 aliphatic heterocycles. The fraction of sp³-hybridized carbons (Fsp3) is 0.316. The molecule has 1 atom stereocenters. The van der Waals surface area contributed by atoms with E-state index >= 15 is 0 Å². The van der Waals surface area contributed by atoms with Crippen molar-refractivity contribution in [2.24, 2.45) is 0 Å². The van der Waals surface area contributed by atoms with Gasteiger partial charge in [0.05, 0.1) is 5.60 Å². The van der Waals surface area contributed by atoms with Gasteiger partial charge in [-0.2, -0.15) is 0 Å². The van der Waals surface area contributed by atoms with E-state index in [4.69, 9.17) is 0 Å². The van der Waals surface area contributed by atoms with Crippen molar-refractivity contribution < 1.29 is 9.90 Å². The number of hydrogen-bond donors (Lipinski definition) is 1. The summed E-state index contributed by atoms with van der Waals surface area (Å²) in [6.07, 6.45) is 9.40. The standard InChI is InChI=1S/C10H18O.C9H8O/c1-5-10(4,11)8-6-7-9(2)3;10-8-4-7-9-5-2-1-3-6-9/h5,7,11H,1,6,8H2,2-4H3;1-8H.